The molecule has 1 aliphatic rings. The van der Waals surface area contributed by atoms with Crippen LogP contribution in [0.5, 0.6) is 0 Å². The van der Waals surface area contributed by atoms with Crippen molar-refractivity contribution in [1.82, 2.24) is 10.6 Å². The van der Waals surface area contributed by atoms with Crippen LogP contribution in [0.4, 0.5) is 13.2 Å². The van der Waals surface area contributed by atoms with Gasteiger partial charge in [0.2, 0.25) is 0 Å². The van der Waals surface area contributed by atoms with Crippen LogP contribution >= 0.6 is 0 Å². The maximum Gasteiger partial charge on any atom is 0.490 e. The molecule has 1 amide bonds. The third-order valence-electron chi connectivity index (χ3n) is 5.82. The van der Waals surface area contributed by atoms with E-state index in [1.807, 2.05) is 24.3 Å². The minimum absolute atomic E-state index is 0.0525. The normalized spacial score (nSPS) is 15.8. The van der Waals surface area contributed by atoms with Crippen LogP contribution in [0.3, 0.4) is 0 Å². The molecule has 1 fully saturated rings. The van der Waals surface area contributed by atoms with Crippen molar-refractivity contribution in [3.63, 3.8) is 0 Å². The average Bonchev–Trinajstić information content (AvgIpc) is 2.78. The summed E-state index contributed by atoms with van der Waals surface area (Å²) in [5, 5.41) is 13.5. The highest BCUT2D eigenvalue weighted by Gasteiger charge is 2.38. The van der Waals surface area contributed by atoms with Crippen molar-refractivity contribution in [2.24, 2.45) is 5.41 Å². The molecule has 0 aromatic heterocycles. The van der Waals surface area contributed by atoms with Gasteiger partial charge in [0.1, 0.15) is 0 Å². The number of carboxylic acid groups (broad SMARTS) is 1. The summed E-state index contributed by atoms with van der Waals surface area (Å²) in [7, 11) is 1.66. The van der Waals surface area contributed by atoms with Crippen LogP contribution in [-0.2, 0) is 11.3 Å². The fourth-order valence-corrected chi connectivity index (χ4v) is 3.66. The average molecular weight is 465 g/mol. The highest BCUT2D eigenvalue weighted by atomic mass is 19.4. The second-order valence-corrected chi connectivity index (χ2v) is 8.98. The maximum atomic E-state index is 11.8. The van der Waals surface area contributed by atoms with Gasteiger partial charge in [0.25, 0.3) is 5.91 Å². The highest BCUT2D eigenvalue weighted by molar-refractivity contribution is 5.95. The van der Waals surface area contributed by atoms with Crippen molar-refractivity contribution < 1.29 is 27.9 Å². The highest BCUT2D eigenvalue weighted by Crippen LogP contribution is 2.35. The second-order valence-electron chi connectivity index (χ2n) is 8.98. The zero-order chi connectivity index (χ0) is 24.6. The van der Waals surface area contributed by atoms with Crippen molar-refractivity contribution in [3.05, 3.63) is 59.7 Å². The molecular weight excluding hydrogens is 433 g/mol. The first-order chi connectivity index (χ1) is 15.4. The summed E-state index contributed by atoms with van der Waals surface area (Å²) in [4.78, 5) is 20.7. The number of amides is 1. The van der Waals surface area contributed by atoms with Gasteiger partial charge in [-0.15, -0.1) is 0 Å². The molecule has 0 bridgehead atoms. The number of alkyl halides is 3. The molecule has 0 heterocycles. The van der Waals surface area contributed by atoms with Crippen LogP contribution in [0.25, 0.3) is 11.1 Å². The van der Waals surface area contributed by atoms with Crippen molar-refractivity contribution >= 4 is 11.9 Å². The second kappa shape index (κ2) is 11.3. The summed E-state index contributed by atoms with van der Waals surface area (Å²) in [5.41, 5.74) is 4.72. The Kier molecular flexibility index (Phi) is 9.05. The first-order valence-electron chi connectivity index (χ1n) is 10.9. The number of carbonyl (C=O) groups excluding carboxylic acids is 1. The summed E-state index contributed by atoms with van der Waals surface area (Å²) in [6.45, 7) is 5.67. The van der Waals surface area contributed by atoms with Gasteiger partial charge in [-0.25, -0.2) is 4.79 Å². The molecule has 0 radical (unpaired) electrons. The molecule has 180 valence electrons. The zero-order valence-electron chi connectivity index (χ0n) is 19.1. The van der Waals surface area contributed by atoms with Gasteiger partial charge >= 0.3 is 12.1 Å². The number of hydrogen-bond acceptors (Lipinski definition) is 3. The lowest BCUT2D eigenvalue weighted by Gasteiger charge is -2.34. The number of nitrogens with one attached hydrogen (secondary N) is 2. The molecule has 3 N–H and O–H groups in total. The zero-order valence-corrected chi connectivity index (χ0v) is 19.1. The first kappa shape index (κ1) is 26.4. The maximum absolute atomic E-state index is 11.8. The van der Waals surface area contributed by atoms with Crippen molar-refractivity contribution in [3.8, 4) is 11.1 Å². The third-order valence-corrected chi connectivity index (χ3v) is 5.82. The van der Waals surface area contributed by atoms with Crippen LogP contribution in [0.15, 0.2) is 48.5 Å². The summed E-state index contributed by atoms with van der Waals surface area (Å²) in [6, 6.07) is 17.1. The molecule has 2 aromatic rings. The SMILES string of the molecule is CNC(=O)c1cccc(-c2ccc(CNC3CCC(C)(C)CC3)cc2)c1.O=C(O)C(F)(F)F. The van der Waals surface area contributed by atoms with Crippen LogP contribution in [0, 0.1) is 5.41 Å². The lowest BCUT2D eigenvalue weighted by atomic mass is 9.75. The lowest BCUT2D eigenvalue weighted by molar-refractivity contribution is -0.192. The van der Waals surface area contributed by atoms with E-state index in [-0.39, 0.29) is 5.91 Å². The number of rotatable bonds is 5. The summed E-state index contributed by atoms with van der Waals surface area (Å²) in [6.07, 6.45) is 0.0886. The summed E-state index contributed by atoms with van der Waals surface area (Å²) < 4.78 is 31.7. The van der Waals surface area contributed by atoms with E-state index in [1.54, 1.807) is 7.05 Å². The van der Waals surface area contributed by atoms with Crippen molar-refractivity contribution in [2.75, 3.05) is 7.05 Å². The predicted octanol–water partition coefficient (Wildman–Crippen LogP) is 5.40. The van der Waals surface area contributed by atoms with Gasteiger partial charge in [-0.2, -0.15) is 13.2 Å². The van der Waals surface area contributed by atoms with Crippen LogP contribution in [-0.4, -0.2) is 36.2 Å². The number of halogens is 3. The molecule has 2 aromatic carbocycles. The minimum atomic E-state index is -5.08. The van der Waals surface area contributed by atoms with E-state index < -0.39 is 12.1 Å². The largest absolute Gasteiger partial charge is 0.490 e. The van der Waals surface area contributed by atoms with E-state index >= 15 is 0 Å². The Morgan fingerprint density at radius 3 is 2.12 bits per heavy atom. The smallest absolute Gasteiger partial charge is 0.475 e. The van der Waals surface area contributed by atoms with Gasteiger partial charge in [0.05, 0.1) is 0 Å². The fourth-order valence-electron chi connectivity index (χ4n) is 3.66. The van der Waals surface area contributed by atoms with Gasteiger partial charge in [-0.3, -0.25) is 4.79 Å². The molecular formula is C25H31F3N2O3. The van der Waals surface area contributed by atoms with Crippen molar-refractivity contribution in [1.29, 1.82) is 0 Å². The monoisotopic (exact) mass is 464 g/mol. The number of benzene rings is 2. The molecule has 0 unspecified atom stereocenters. The molecule has 8 heteroatoms. The van der Waals surface area contributed by atoms with E-state index in [0.29, 0.717) is 17.0 Å². The van der Waals surface area contributed by atoms with E-state index in [9.17, 15) is 18.0 Å². The number of hydrogen-bond donors (Lipinski definition) is 3. The predicted molar refractivity (Wildman–Crippen MR) is 122 cm³/mol. The Bertz CT molecular complexity index is 931. The van der Waals surface area contributed by atoms with Gasteiger partial charge < -0.3 is 15.7 Å². The summed E-state index contributed by atoms with van der Waals surface area (Å²) in [5.74, 6) is -2.81. The van der Waals surface area contributed by atoms with Gasteiger partial charge in [-0.05, 0) is 59.9 Å². The standard InChI is InChI=1S/C23H30N2O.C2HF3O2/c1-23(2)13-11-21(12-14-23)25-16-17-7-9-18(10-8-17)19-5-4-6-20(15-19)22(26)24-3;3-2(4,5)1(6)7/h4-10,15,21,25H,11-14,16H2,1-3H3,(H,24,26);(H,6,7). The Labute approximate surface area is 192 Å². The molecule has 3 rings (SSSR count). The van der Waals surface area contributed by atoms with E-state index in [0.717, 1.165) is 17.7 Å². The Morgan fingerprint density at radius 2 is 1.61 bits per heavy atom. The van der Waals surface area contributed by atoms with Crippen LogP contribution < -0.4 is 10.6 Å². The Balaban J connectivity index is 0.000000479. The molecule has 5 nitrogen and oxygen atoms in total. The Morgan fingerprint density at radius 1 is 1.03 bits per heavy atom. The number of carbonyl (C=O) groups is 2. The first-order valence-corrected chi connectivity index (χ1v) is 10.9. The molecule has 1 aliphatic carbocycles. The van der Waals surface area contributed by atoms with Crippen LogP contribution in [0.2, 0.25) is 0 Å². The van der Waals surface area contributed by atoms with Crippen molar-refractivity contribution in [2.45, 2.75) is 58.3 Å². The molecule has 1 saturated carbocycles. The quantitative estimate of drug-likeness (QED) is 0.553. The van der Waals surface area contributed by atoms with Gasteiger partial charge in [-0.1, -0.05) is 50.2 Å². The third kappa shape index (κ3) is 8.53. The summed E-state index contributed by atoms with van der Waals surface area (Å²) >= 11 is 0. The Hall–Kier alpha value is -2.87. The lowest BCUT2D eigenvalue weighted by Crippen LogP contribution is -2.35. The van der Waals surface area contributed by atoms with E-state index in [2.05, 4.69) is 48.7 Å². The molecule has 0 saturated heterocycles. The molecule has 0 spiro atoms. The van der Waals surface area contributed by atoms with E-state index in [4.69, 9.17) is 9.90 Å². The molecule has 33 heavy (non-hydrogen) atoms. The number of carboxylic acids is 1. The van der Waals surface area contributed by atoms with Gasteiger partial charge in [0, 0.05) is 25.2 Å². The fraction of sp³-hybridized carbons (Fsp3) is 0.440. The number of aliphatic carboxylic acids is 1. The topological polar surface area (TPSA) is 78.4 Å². The van der Waals surface area contributed by atoms with Gasteiger partial charge in [0.15, 0.2) is 0 Å². The van der Waals surface area contributed by atoms with E-state index in [1.165, 1.54) is 31.2 Å². The minimum Gasteiger partial charge on any atom is -0.475 e. The molecule has 0 atom stereocenters. The molecule has 0 aliphatic heterocycles. The van der Waals surface area contributed by atoms with Crippen LogP contribution in [0.1, 0.15) is 55.5 Å².